The van der Waals surface area contributed by atoms with Crippen LogP contribution in [0.1, 0.15) is 24.3 Å². The normalized spacial score (nSPS) is 17.7. The van der Waals surface area contributed by atoms with Gasteiger partial charge in [-0.15, -0.1) is 11.8 Å². The van der Waals surface area contributed by atoms with E-state index in [1.54, 1.807) is 33.1 Å². The summed E-state index contributed by atoms with van der Waals surface area (Å²) in [6.45, 7) is 2.65. The molecule has 0 aromatic heterocycles. The van der Waals surface area contributed by atoms with Crippen molar-refractivity contribution < 1.29 is 19.0 Å². The maximum atomic E-state index is 12.1. The minimum atomic E-state index is -0.0350. The van der Waals surface area contributed by atoms with Crippen LogP contribution in [-0.4, -0.2) is 44.4 Å². The van der Waals surface area contributed by atoms with Gasteiger partial charge in [0, 0.05) is 30.3 Å². The predicted octanol–water partition coefficient (Wildman–Crippen LogP) is 2.70. The third-order valence-corrected chi connectivity index (χ3v) is 4.76. The Balaban J connectivity index is 2.44. The fourth-order valence-electron chi connectivity index (χ4n) is 2.43. The van der Waals surface area contributed by atoms with Gasteiger partial charge in [0.2, 0.25) is 5.91 Å². The molecule has 1 aliphatic heterocycles. The summed E-state index contributed by atoms with van der Waals surface area (Å²) in [6.07, 6.45) is 0.507. The molecular formula is C15H21NO4S. The van der Waals surface area contributed by atoms with E-state index < -0.39 is 0 Å². The zero-order chi connectivity index (χ0) is 15.4. The summed E-state index contributed by atoms with van der Waals surface area (Å²) >= 11 is 1.74. The first-order valence-corrected chi connectivity index (χ1v) is 7.92. The molecule has 5 nitrogen and oxygen atoms in total. The maximum Gasteiger partial charge on any atom is 0.223 e. The van der Waals surface area contributed by atoms with Crippen molar-refractivity contribution in [2.75, 3.05) is 33.6 Å². The van der Waals surface area contributed by atoms with Gasteiger partial charge in [-0.2, -0.15) is 0 Å². The van der Waals surface area contributed by atoms with Crippen LogP contribution in [-0.2, 0) is 4.79 Å². The Bertz CT molecular complexity index is 521. The van der Waals surface area contributed by atoms with Crippen LogP contribution < -0.4 is 14.2 Å². The van der Waals surface area contributed by atoms with Gasteiger partial charge >= 0.3 is 0 Å². The SMILES string of the molecule is CCC(=O)N1CCSC1c1cc(OC)c(OC)cc1OC. The third-order valence-electron chi connectivity index (χ3n) is 3.52. The van der Waals surface area contributed by atoms with Crippen molar-refractivity contribution in [3.63, 3.8) is 0 Å². The Labute approximate surface area is 129 Å². The Morgan fingerprint density at radius 3 is 2.38 bits per heavy atom. The van der Waals surface area contributed by atoms with E-state index in [9.17, 15) is 4.79 Å². The number of carbonyl (C=O) groups is 1. The van der Waals surface area contributed by atoms with Crippen LogP contribution in [0.4, 0.5) is 0 Å². The first-order valence-electron chi connectivity index (χ1n) is 6.87. The Morgan fingerprint density at radius 1 is 1.19 bits per heavy atom. The third kappa shape index (κ3) is 3.05. The van der Waals surface area contributed by atoms with Gasteiger partial charge in [-0.05, 0) is 6.07 Å². The molecule has 1 heterocycles. The number of ether oxygens (including phenoxy) is 3. The van der Waals surface area contributed by atoms with Crippen molar-refractivity contribution in [1.82, 2.24) is 4.90 Å². The van der Waals surface area contributed by atoms with Crippen molar-refractivity contribution in [3.8, 4) is 17.2 Å². The highest BCUT2D eigenvalue weighted by Gasteiger charge is 2.32. The number of hydrogen-bond acceptors (Lipinski definition) is 5. The summed E-state index contributed by atoms with van der Waals surface area (Å²) in [6, 6.07) is 3.71. The van der Waals surface area contributed by atoms with Gasteiger partial charge in [0.15, 0.2) is 11.5 Å². The molecule has 0 spiro atoms. The summed E-state index contributed by atoms with van der Waals surface area (Å²) in [5.74, 6) is 3.05. The van der Waals surface area contributed by atoms with Crippen LogP contribution >= 0.6 is 11.8 Å². The molecule has 1 amide bonds. The van der Waals surface area contributed by atoms with Crippen LogP contribution in [0.5, 0.6) is 17.2 Å². The van der Waals surface area contributed by atoms with Gasteiger partial charge in [0.05, 0.1) is 21.3 Å². The van der Waals surface area contributed by atoms with E-state index in [4.69, 9.17) is 14.2 Å². The lowest BCUT2D eigenvalue weighted by molar-refractivity contribution is -0.131. The summed E-state index contributed by atoms with van der Waals surface area (Å²) in [5.41, 5.74) is 0.944. The number of benzene rings is 1. The summed E-state index contributed by atoms with van der Waals surface area (Å²) < 4.78 is 16.1. The number of nitrogens with zero attached hydrogens (tertiary/aromatic N) is 1. The second-order valence-electron chi connectivity index (χ2n) is 4.61. The Kier molecular flexibility index (Phi) is 5.22. The molecule has 0 saturated carbocycles. The van der Waals surface area contributed by atoms with Gasteiger partial charge < -0.3 is 19.1 Å². The molecule has 1 aromatic rings. The molecule has 1 saturated heterocycles. The van der Waals surface area contributed by atoms with Crippen LogP contribution in [0.3, 0.4) is 0 Å². The average molecular weight is 311 g/mol. The van der Waals surface area contributed by atoms with Crippen LogP contribution in [0.15, 0.2) is 12.1 Å². The highest BCUT2D eigenvalue weighted by atomic mass is 32.2. The minimum absolute atomic E-state index is 0.0350. The van der Waals surface area contributed by atoms with Gasteiger partial charge in [0.1, 0.15) is 11.1 Å². The van der Waals surface area contributed by atoms with Gasteiger partial charge in [-0.3, -0.25) is 4.79 Å². The van der Waals surface area contributed by atoms with Crippen LogP contribution in [0, 0.1) is 0 Å². The van der Waals surface area contributed by atoms with Crippen LogP contribution in [0.2, 0.25) is 0 Å². The van der Waals surface area contributed by atoms with E-state index in [2.05, 4.69) is 0 Å². The largest absolute Gasteiger partial charge is 0.496 e. The number of carbonyl (C=O) groups excluding carboxylic acids is 1. The molecule has 0 N–H and O–H groups in total. The molecule has 0 bridgehead atoms. The fraction of sp³-hybridized carbons (Fsp3) is 0.533. The molecule has 2 rings (SSSR count). The number of methoxy groups -OCH3 is 3. The van der Waals surface area contributed by atoms with Crippen molar-refractivity contribution in [2.45, 2.75) is 18.7 Å². The molecule has 116 valence electrons. The van der Waals surface area contributed by atoms with E-state index >= 15 is 0 Å². The molecule has 1 fully saturated rings. The molecule has 1 aliphatic rings. The van der Waals surface area contributed by atoms with E-state index in [0.29, 0.717) is 23.7 Å². The van der Waals surface area contributed by atoms with Gasteiger partial charge in [-0.25, -0.2) is 0 Å². The fourth-order valence-corrected chi connectivity index (χ4v) is 3.72. The topological polar surface area (TPSA) is 48.0 Å². The Hall–Kier alpha value is -1.56. The highest BCUT2D eigenvalue weighted by Crippen LogP contribution is 2.46. The maximum absolute atomic E-state index is 12.1. The molecule has 0 aliphatic carbocycles. The molecule has 6 heteroatoms. The summed E-state index contributed by atoms with van der Waals surface area (Å²) in [4.78, 5) is 14.0. The standard InChI is InChI=1S/C15H21NO4S/c1-5-14(17)16-6-7-21-15(16)10-8-12(19-3)13(20-4)9-11(10)18-2/h8-9,15H,5-7H2,1-4H3. The van der Waals surface area contributed by atoms with Crippen molar-refractivity contribution >= 4 is 17.7 Å². The lowest BCUT2D eigenvalue weighted by Crippen LogP contribution is -2.29. The van der Waals surface area contributed by atoms with E-state index in [-0.39, 0.29) is 11.3 Å². The second kappa shape index (κ2) is 6.93. The Morgan fingerprint density at radius 2 is 1.81 bits per heavy atom. The van der Waals surface area contributed by atoms with Crippen molar-refractivity contribution in [2.24, 2.45) is 0 Å². The van der Waals surface area contributed by atoms with Gasteiger partial charge in [-0.1, -0.05) is 6.92 Å². The van der Waals surface area contributed by atoms with Gasteiger partial charge in [0.25, 0.3) is 0 Å². The molecular weight excluding hydrogens is 290 g/mol. The number of thioether (sulfide) groups is 1. The number of rotatable bonds is 5. The lowest BCUT2D eigenvalue weighted by Gasteiger charge is -2.26. The summed E-state index contributed by atoms with van der Waals surface area (Å²) in [7, 11) is 4.81. The quantitative estimate of drug-likeness (QED) is 0.837. The highest BCUT2D eigenvalue weighted by molar-refractivity contribution is 7.99. The predicted molar refractivity (Wildman–Crippen MR) is 83.3 cm³/mol. The molecule has 1 aromatic carbocycles. The summed E-state index contributed by atoms with van der Waals surface area (Å²) in [5, 5.41) is -0.0350. The first-order chi connectivity index (χ1) is 10.2. The minimum Gasteiger partial charge on any atom is -0.496 e. The van der Waals surface area contributed by atoms with E-state index in [1.165, 1.54) is 0 Å². The van der Waals surface area contributed by atoms with Crippen molar-refractivity contribution in [1.29, 1.82) is 0 Å². The van der Waals surface area contributed by atoms with Crippen molar-refractivity contribution in [3.05, 3.63) is 17.7 Å². The van der Waals surface area contributed by atoms with E-state index in [0.717, 1.165) is 17.9 Å². The lowest BCUT2D eigenvalue weighted by atomic mass is 10.1. The zero-order valence-corrected chi connectivity index (χ0v) is 13.7. The first kappa shape index (κ1) is 15.8. The molecule has 1 atom stereocenters. The monoisotopic (exact) mass is 311 g/mol. The number of hydrogen-bond donors (Lipinski definition) is 0. The zero-order valence-electron chi connectivity index (χ0n) is 12.8. The van der Waals surface area contributed by atoms with Crippen LogP contribution in [0.25, 0.3) is 0 Å². The second-order valence-corrected chi connectivity index (χ2v) is 5.80. The smallest absolute Gasteiger partial charge is 0.223 e. The molecule has 0 radical (unpaired) electrons. The number of amides is 1. The average Bonchev–Trinajstić information content (AvgIpc) is 3.01. The molecule has 21 heavy (non-hydrogen) atoms. The molecule has 1 unspecified atom stereocenters. The van der Waals surface area contributed by atoms with E-state index in [1.807, 2.05) is 24.0 Å².